The lowest BCUT2D eigenvalue weighted by Gasteiger charge is -2.13. The van der Waals surface area contributed by atoms with Crippen molar-refractivity contribution in [2.45, 2.75) is 18.6 Å². The van der Waals surface area contributed by atoms with Gasteiger partial charge in [0.05, 0.1) is 5.69 Å². The minimum Gasteiger partial charge on any atom is -0.394 e. The van der Waals surface area contributed by atoms with E-state index in [0.717, 1.165) is 0 Å². The number of rotatable bonds is 2. The fraction of sp³-hybridized carbons (Fsp3) is 0.375. The Labute approximate surface area is 92.6 Å². The zero-order chi connectivity index (χ0) is 11.6. The molecule has 0 amide bonds. The van der Waals surface area contributed by atoms with Crippen LogP contribution < -0.4 is 10.5 Å². The highest BCUT2D eigenvalue weighted by molar-refractivity contribution is 9.08. The van der Waals surface area contributed by atoms with Gasteiger partial charge < -0.3 is 10.5 Å². The number of ether oxygens (including phenoxy) is 1. The molecular weight excluding hydrogens is 277 g/mol. The molecule has 0 spiro atoms. The van der Waals surface area contributed by atoms with Crippen LogP contribution in [0.1, 0.15) is 11.1 Å². The molecule has 1 heterocycles. The Hall–Kier alpha value is -0.980. The number of anilines is 1. The van der Waals surface area contributed by atoms with Crippen LogP contribution in [0.3, 0.4) is 0 Å². The van der Waals surface area contributed by atoms with E-state index in [4.69, 9.17) is 5.73 Å². The molecule has 0 aliphatic rings. The van der Waals surface area contributed by atoms with Crippen molar-refractivity contribution in [3.63, 3.8) is 0 Å². The van der Waals surface area contributed by atoms with Gasteiger partial charge in [0.2, 0.25) is 5.88 Å². The summed E-state index contributed by atoms with van der Waals surface area (Å²) in [7, 11) is 0. The van der Waals surface area contributed by atoms with E-state index in [0.29, 0.717) is 16.5 Å². The first kappa shape index (κ1) is 12.1. The van der Waals surface area contributed by atoms with Crippen molar-refractivity contribution < 1.29 is 17.9 Å². The quantitative estimate of drug-likeness (QED) is 0.850. The highest BCUT2D eigenvalue weighted by Gasteiger charge is 2.33. The Bertz CT molecular complexity index is 368. The molecule has 0 radical (unpaired) electrons. The standard InChI is InChI=1S/C8H8BrF3N2O/c1-4-3-14-7(15-8(10,11)12)6(13)5(4)2-9/h3H,2,13H2,1H3. The third-order valence-corrected chi connectivity index (χ3v) is 2.31. The minimum atomic E-state index is -4.78. The van der Waals surface area contributed by atoms with Crippen molar-refractivity contribution in [3.05, 3.63) is 17.3 Å². The van der Waals surface area contributed by atoms with Crippen LogP contribution in [-0.2, 0) is 5.33 Å². The van der Waals surface area contributed by atoms with Crippen LogP contribution >= 0.6 is 15.9 Å². The fourth-order valence-electron chi connectivity index (χ4n) is 1.01. The second-order valence-corrected chi connectivity index (χ2v) is 3.38. The van der Waals surface area contributed by atoms with Crippen LogP contribution in [0.4, 0.5) is 18.9 Å². The van der Waals surface area contributed by atoms with E-state index in [1.165, 1.54) is 6.20 Å². The van der Waals surface area contributed by atoms with Crippen LogP contribution in [0.5, 0.6) is 5.88 Å². The molecule has 0 atom stereocenters. The molecule has 7 heteroatoms. The first-order valence-corrected chi connectivity index (χ1v) is 5.03. The number of nitrogen functional groups attached to an aromatic ring is 1. The topological polar surface area (TPSA) is 48.1 Å². The van der Waals surface area contributed by atoms with E-state index in [1.54, 1.807) is 6.92 Å². The Balaban J connectivity index is 3.11. The van der Waals surface area contributed by atoms with E-state index in [2.05, 4.69) is 25.7 Å². The Kier molecular flexibility index (Phi) is 3.43. The molecule has 0 fully saturated rings. The van der Waals surface area contributed by atoms with Gasteiger partial charge in [-0.15, -0.1) is 13.2 Å². The summed E-state index contributed by atoms with van der Waals surface area (Å²) in [5.41, 5.74) is 6.64. The monoisotopic (exact) mass is 284 g/mol. The zero-order valence-electron chi connectivity index (χ0n) is 7.73. The smallest absolute Gasteiger partial charge is 0.394 e. The van der Waals surface area contributed by atoms with Gasteiger partial charge in [-0.1, -0.05) is 15.9 Å². The van der Waals surface area contributed by atoms with E-state index >= 15 is 0 Å². The number of aryl methyl sites for hydroxylation is 1. The van der Waals surface area contributed by atoms with Gasteiger partial charge >= 0.3 is 6.36 Å². The van der Waals surface area contributed by atoms with Crippen molar-refractivity contribution in [2.24, 2.45) is 0 Å². The van der Waals surface area contributed by atoms with Gasteiger partial charge in [-0.3, -0.25) is 0 Å². The molecule has 0 aliphatic carbocycles. The molecule has 0 unspecified atom stereocenters. The summed E-state index contributed by atoms with van der Waals surface area (Å²) in [6.07, 6.45) is -3.49. The molecule has 0 bridgehead atoms. The molecule has 0 saturated heterocycles. The average Bonchev–Trinajstić information content (AvgIpc) is 2.09. The van der Waals surface area contributed by atoms with Gasteiger partial charge in [-0.25, -0.2) is 4.98 Å². The van der Waals surface area contributed by atoms with Crippen LogP contribution in [0.25, 0.3) is 0 Å². The molecule has 1 rings (SSSR count). The van der Waals surface area contributed by atoms with Crippen molar-refractivity contribution in [1.29, 1.82) is 0 Å². The summed E-state index contributed by atoms with van der Waals surface area (Å²) >= 11 is 3.13. The number of alkyl halides is 4. The highest BCUT2D eigenvalue weighted by Crippen LogP contribution is 2.31. The number of nitrogens with zero attached hydrogens (tertiary/aromatic N) is 1. The number of hydrogen-bond acceptors (Lipinski definition) is 3. The van der Waals surface area contributed by atoms with E-state index in [1.807, 2.05) is 0 Å². The minimum absolute atomic E-state index is 0.0933. The van der Waals surface area contributed by atoms with Crippen LogP contribution in [0.2, 0.25) is 0 Å². The predicted octanol–water partition coefficient (Wildman–Crippen LogP) is 2.77. The first-order valence-electron chi connectivity index (χ1n) is 3.91. The Morgan fingerprint density at radius 3 is 2.60 bits per heavy atom. The predicted molar refractivity (Wildman–Crippen MR) is 52.7 cm³/mol. The largest absolute Gasteiger partial charge is 0.574 e. The maximum absolute atomic E-state index is 11.9. The molecule has 2 N–H and O–H groups in total. The summed E-state index contributed by atoms with van der Waals surface area (Å²) in [4.78, 5) is 3.48. The lowest BCUT2D eigenvalue weighted by Crippen LogP contribution is -2.19. The summed E-state index contributed by atoms with van der Waals surface area (Å²) in [6, 6.07) is 0. The highest BCUT2D eigenvalue weighted by atomic mass is 79.9. The molecule has 84 valence electrons. The normalized spacial score (nSPS) is 11.5. The lowest BCUT2D eigenvalue weighted by molar-refractivity contribution is -0.275. The number of nitrogens with two attached hydrogens (primary N) is 1. The summed E-state index contributed by atoms with van der Waals surface area (Å²) in [6.45, 7) is 1.71. The fourth-order valence-corrected chi connectivity index (χ4v) is 1.76. The molecule has 0 aromatic carbocycles. The van der Waals surface area contributed by atoms with Crippen molar-refractivity contribution >= 4 is 21.6 Å². The maximum atomic E-state index is 11.9. The van der Waals surface area contributed by atoms with Crippen LogP contribution in [0.15, 0.2) is 6.20 Å². The van der Waals surface area contributed by atoms with Crippen molar-refractivity contribution in [3.8, 4) is 5.88 Å². The van der Waals surface area contributed by atoms with E-state index in [9.17, 15) is 13.2 Å². The lowest BCUT2D eigenvalue weighted by atomic mass is 10.1. The van der Waals surface area contributed by atoms with Crippen LogP contribution in [0, 0.1) is 6.92 Å². The van der Waals surface area contributed by atoms with Gasteiger partial charge in [-0.2, -0.15) is 0 Å². The Morgan fingerprint density at radius 2 is 2.13 bits per heavy atom. The maximum Gasteiger partial charge on any atom is 0.574 e. The molecule has 0 aliphatic heterocycles. The molecular formula is C8H8BrF3N2O. The second kappa shape index (κ2) is 4.26. The summed E-state index contributed by atoms with van der Waals surface area (Å²) < 4.78 is 39.5. The second-order valence-electron chi connectivity index (χ2n) is 2.82. The number of pyridine rings is 1. The van der Waals surface area contributed by atoms with Gasteiger partial charge in [0.1, 0.15) is 0 Å². The van der Waals surface area contributed by atoms with Crippen molar-refractivity contribution in [1.82, 2.24) is 4.98 Å². The number of aromatic nitrogens is 1. The third kappa shape index (κ3) is 2.98. The van der Waals surface area contributed by atoms with E-state index in [-0.39, 0.29) is 5.69 Å². The molecule has 1 aromatic rings. The van der Waals surface area contributed by atoms with Crippen molar-refractivity contribution in [2.75, 3.05) is 5.73 Å². The summed E-state index contributed by atoms with van der Waals surface area (Å²) in [5.74, 6) is -0.609. The number of halogens is 4. The zero-order valence-corrected chi connectivity index (χ0v) is 9.32. The third-order valence-electron chi connectivity index (χ3n) is 1.75. The van der Waals surface area contributed by atoms with Gasteiger partial charge in [-0.05, 0) is 18.1 Å². The van der Waals surface area contributed by atoms with Gasteiger partial charge in [0.15, 0.2) is 0 Å². The first-order chi connectivity index (χ1) is 6.85. The van der Waals surface area contributed by atoms with E-state index < -0.39 is 12.2 Å². The summed E-state index contributed by atoms with van der Waals surface area (Å²) in [5, 5.41) is 0.349. The Morgan fingerprint density at radius 1 is 1.53 bits per heavy atom. The number of hydrogen-bond donors (Lipinski definition) is 1. The molecule has 3 nitrogen and oxygen atoms in total. The average molecular weight is 285 g/mol. The van der Waals surface area contributed by atoms with Gasteiger partial charge in [0, 0.05) is 11.5 Å². The van der Waals surface area contributed by atoms with Gasteiger partial charge in [0.25, 0.3) is 0 Å². The SMILES string of the molecule is Cc1cnc(OC(F)(F)F)c(N)c1CBr. The van der Waals surface area contributed by atoms with Crippen LogP contribution in [-0.4, -0.2) is 11.3 Å². The molecule has 0 saturated carbocycles. The molecule has 1 aromatic heterocycles. The molecule has 15 heavy (non-hydrogen) atoms.